The van der Waals surface area contributed by atoms with E-state index >= 15 is 0 Å². The molecule has 0 spiro atoms. The molecule has 2 aromatic heterocycles. The summed E-state index contributed by atoms with van der Waals surface area (Å²) in [6.45, 7) is 3.93. The first-order valence-electron chi connectivity index (χ1n) is 6.71. The van der Waals surface area contributed by atoms with Crippen LogP contribution in [0.4, 0.5) is 0 Å². The molecule has 4 nitrogen and oxygen atoms in total. The summed E-state index contributed by atoms with van der Waals surface area (Å²) in [6.07, 6.45) is 1.61. The lowest BCUT2D eigenvalue weighted by molar-refractivity contribution is 0.101. The van der Waals surface area contributed by atoms with Crippen LogP contribution in [0.25, 0.3) is 10.9 Å². The largest absolute Gasteiger partial charge is 0.468 e. The molecular formula is C17H18N2O2. The number of fused-ring (bicyclic) bond motifs is 1. The zero-order chi connectivity index (χ0) is 15.2. The Balaban J connectivity index is 0.000000194. The van der Waals surface area contributed by atoms with Gasteiger partial charge in [-0.2, -0.15) is 0 Å². The molecule has 21 heavy (non-hydrogen) atoms. The lowest BCUT2D eigenvalue weighted by Crippen LogP contribution is -1.98. The smallest absolute Gasteiger partial charge is 0.161 e. The highest BCUT2D eigenvalue weighted by Gasteiger charge is 2.06. The fourth-order valence-electron chi connectivity index (χ4n) is 2.00. The van der Waals surface area contributed by atoms with E-state index in [0.717, 1.165) is 22.4 Å². The van der Waals surface area contributed by atoms with E-state index < -0.39 is 0 Å². The van der Waals surface area contributed by atoms with Gasteiger partial charge in [0.25, 0.3) is 0 Å². The minimum atomic E-state index is 0.0701. The number of carbonyl (C=O) groups excluding carboxylic acids is 1. The summed E-state index contributed by atoms with van der Waals surface area (Å²) in [7, 11) is 0. The molecule has 2 N–H and O–H groups in total. The average molecular weight is 282 g/mol. The second-order valence-corrected chi connectivity index (χ2v) is 4.65. The number of furan rings is 1. The molecule has 0 saturated heterocycles. The number of para-hydroxylation sites is 1. The Kier molecular flexibility index (Phi) is 4.85. The minimum Gasteiger partial charge on any atom is -0.468 e. The number of Topliss-reactive ketones (excluding diaryl/α,β-unsaturated/α-hetero) is 1. The Morgan fingerprint density at radius 3 is 2.57 bits per heavy atom. The number of benzene rings is 1. The fraction of sp³-hybridized carbons (Fsp3) is 0.176. The van der Waals surface area contributed by atoms with Crippen molar-refractivity contribution < 1.29 is 9.21 Å². The molecule has 0 saturated carbocycles. The van der Waals surface area contributed by atoms with Gasteiger partial charge < -0.3 is 10.2 Å². The van der Waals surface area contributed by atoms with Crippen LogP contribution in [-0.2, 0) is 6.54 Å². The Hall–Kier alpha value is -2.46. The number of nitrogens with zero attached hydrogens (tertiary/aromatic N) is 1. The molecule has 0 aliphatic rings. The number of carbonyl (C=O) groups is 1. The normalized spacial score (nSPS) is 10.0. The van der Waals surface area contributed by atoms with Gasteiger partial charge in [-0.3, -0.25) is 9.78 Å². The van der Waals surface area contributed by atoms with Crippen molar-refractivity contribution in [3.63, 3.8) is 0 Å². The molecule has 0 amide bonds. The van der Waals surface area contributed by atoms with Crippen LogP contribution in [0, 0.1) is 6.92 Å². The highest BCUT2D eigenvalue weighted by atomic mass is 16.3. The molecule has 0 bridgehead atoms. The van der Waals surface area contributed by atoms with Gasteiger partial charge in [-0.1, -0.05) is 18.2 Å². The fourth-order valence-corrected chi connectivity index (χ4v) is 2.00. The van der Waals surface area contributed by atoms with Gasteiger partial charge in [0.2, 0.25) is 0 Å². The molecule has 0 aliphatic heterocycles. The molecule has 1 aromatic carbocycles. The summed E-state index contributed by atoms with van der Waals surface area (Å²) >= 11 is 0. The van der Waals surface area contributed by atoms with Crippen LogP contribution in [0.15, 0.2) is 53.1 Å². The first kappa shape index (κ1) is 14.9. The summed E-state index contributed by atoms with van der Waals surface area (Å²) in [6, 6.07) is 13.4. The van der Waals surface area contributed by atoms with E-state index in [0.29, 0.717) is 12.1 Å². The number of hydrogen-bond acceptors (Lipinski definition) is 4. The molecular weight excluding hydrogens is 264 g/mol. The van der Waals surface area contributed by atoms with Gasteiger partial charge in [-0.05, 0) is 38.1 Å². The zero-order valence-electron chi connectivity index (χ0n) is 12.2. The average Bonchev–Trinajstić information content (AvgIpc) is 3.00. The Bertz CT molecular complexity index is 734. The first-order valence-corrected chi connectivity index (χ1v) is 6.71. The molecule has 3 rings (SSSR count). The maximum atomic E-state index is 11.3. The number of aromatic nitrogens is 1. The monoisotopic (exact) mass is 282 g/mol. The summed E-state index contributed by atoms with van der Waals surface area (Å²) in [5.74, 6) is 0.903. The highest BCUT2D eigenvalue weighted by molar-refractivity contribution is 5.98. The van der Waals surface area contributed by atoms with Crippen molar-refractivity contribution >= 4 is 16.7 Å². The number of aryl methyl sites for hydroxylation is 1. The van der Waals surface area contributed by atoms with Gasteiger partial charge >= 0.3 is 0 Å². The summed E-state index contributed by atoms with van der Waals surface area (Å²) < 4.78 is 4.86. The van der Waals surface area contributed by atoms with Crippen molar-refractivity contribution in [2.45, 2.75) is 20.4 Å². The van der Waals surface area contributed by atoms with Crippen LogP contribution in [-0.4, -0.2) is 10.8 Å². The van der Waals surface area contributed by atoms with E-state index in [4.69, 9.17) is 10.2 Å². The van der Waals surface area contributed by atoms with Crippen LogP contribution >= 0.6 is 0 Å². The third-order valence-corrected chi connectivity index (χ3v) is 3.08. The maximum absolute atomic E-state index is 11.3. The van der Waals surface area contributed by atoms with E-state index in [1.54, 1.807) is 13.2 Å². The number of ketones is 1. The van der Waals surface area contributed by atoms with Gasteiger partial charge in [-0.25, -0.2) is 0 Å². The van der Waals surface area contributed by atoms with Crippen molar-refractivity contribution in [3.05, 3.63) is 65.7 Å². The van der Waals surface area contributed by atoms with Crippen molar-refractivity contribution in [1.82, 2.24) is 4.98 Å². The Morgan fingerprint density at radius 1 is 1.24 bits per heavy atom. The van der Waals surface area contributed by atoms with Gasteiger partial charge in [0.15, 0.2) is 5.78 Å². The maximum Gasteiger partial charge on any atom is 0.161 e. The third-order valence-electron chi connectivity index (χ3n) is 3.08. The predicted octanol–water partition coefficient (Wildman–Crippen LogP) is 3.48. The number of pyridine rings is 1. The van der Waals surface area contributed by atoms with Crippen molar-refractivity contribution in [3.8, 4) is 0 Å². The standard InChI is InChI=1S/C12H11NO.C5H7NO/c1-8-11(9(2)14)7-10-5-3-4-6-12(10)13-8;6-4-5-2-1-3-7-5/h3-7H,1-2H3;1-3H,4,6H2. The van der Waals surface area contributed by atoms with Crippen LogP contribution in [0.3, 0.4) is 0 Å². The number of nitrogens with two attached hydrogens (primary N) is 1. The molecule has 4 heteroatoms. The first-order chi connectivity index (χ1) is 10.1. The van der Waals surface area contributed by atoms with Crippen LogP contribution in [0.2, 0.25) is 0 Å². The second-order valence-electron chi connectivity index (χ2n) is 4.65. The molecule has 0 unspecified atom stereocenters. The van der Waals surface area contributed by atoms with Crippen molar-refractivity contribution in [1.29, 1.82) is 0 Å². The lowest BCUT2D eigenvalue weighted by Gasteiger charge is -2.03. The van der Waals surface area contributed by atoms with Crippen LogP contribution < -0.4 is 5.73 Å². The predicted molar refractivity (Wildman–Crippen MR) is 83.1 cm³/mol. The third kappa shape index (κ3) is 3.77. The quantitative estimate of drug-likeness (QED) is 0.730. The SMILES string of the molecule is CC(=O)c1cc2ccccc2nc1C.NCc1ccco1. The molecule has 0 aliphatic carbocycles. The van der Waals surface area contributed by atoms with Crippen molar-refractivity contribution in [2.24, 2.45) is 5.73 Å². The van der Waals surface area contributed by atoms with Gasteiger partial charge in [0.1, 0.15) is 5.76 Å². The molecule has 2 heterocycles. The molecule has 108 valence electrons. The van der Waals surface area contributed by atoms with E-state index in [9.17, 15) is 4.79 Å². The van der Waals surface area contributed by atoms with Crippen LogP contribution in [0.1, 0.15) is 28.7 Å². The minimum absolute atomic E-state index is 0.0701. The number of hydrogen-bond donors (Lipinski definition) is 1. The van der Waals surface area contributed by atoms with E-state index in [1.807, 2.05) is 49.4 Å². The van der Waals surface area contributed by atoms with E-state index in [-0.39, 0.29) is 5.78 Å². The molecule has 0 atom stereocenters. The van der Waals surface area contributed by atoms with Crippen molar-refractivity contribution in [2.75, 3.05) is 0 Å². The Labute approximate surface area is 123 Å². The molecule has 3 aromatic rings. The zero-order valence-corrected chi connectivity index (χ0v) is 12.2. The summed E-state index contributed by atoms with van der Waals surface area (Å²) in [5, 5.41) is 1.02. The molecule has 0 fully saturated rings. The summed E-state index contributed by atoms with van der Waals surface area (Å²) in [5.41, 5.74) is 7.65. The summed E-state index contributed by atoms with van der Waals surface area (Å²) in [4.78, 5) is 15.6. The Morgan fingerprint density at radius 2 is 2.00 bits per heavy atom. The van der Waals surface area contributed by atoms with E-state index in [1.165, 1.54) is 0 Å². The lowest BCUT2D eigenvalue weighted by atomic mass is 10.1. The number of rotatable bonds is 2. The van der Waals surface area contributed by atoms with E-state index in [2.05, 4.69) is 4.98 Å². The van der Waals surface area contributed by atoms with Gasteiger partial charge in [0, 0.05) is 16.6 Å². The van der Waals surface area contributed by atoms with Gasteiger partial charge in [-0.15, -0.1) is 0 Å². The molecule has 0 radical (unpaired) electrons. The van der Waals surface area contributed by atoms with Crippen LogP contribution in [0.5, 0.6) is 0 Å². The topological polar surface area (TPSA) is 69.1 Å². The highest BCUT2D eigenvalue weighted by Crippen LogP contribution is 2.16. The second kappa shape index (κ2) is 6.81. The van der Waals surface area contributed by atoms with Gasteiger partial charge in [0.05, 0.1) is 18.3 Å².